The van der Waals surface area contributed by atoms with Crippen LogP contribution in [0.3, 0.4) is 0 Å². The molecule has 5 nitrogen and oxygen atoms in total. The van der Waals surface area contributed by atoms with Crippen LogP contribution in [0.4, 0.5) is 11.5 Å². The summed E-state index contributed by atoms with van der Waals surface area (Å²) >= 11 is 3.48. The summed E-state index contributed by atoms with van der Waals surface area (Å²) < 4.78 is 1.04. The van der Waals surface area contributed by atoms with Crippen LogP contribution in [0.25, 0.3) is 0 Å². The molecule has 0 spiro atoms. The van der Waals surface area contributed by atoms with Gasteiger partial charge in [-0.25, -0.2) is 0 Å². The maximum atomic E-state index is 12.6. The molecule has 1 N–H and O–H groups in total. The molecule has 1 amide bonds. The second-order valence-electron chi connectivity index (χ2n) is 6.27. The summed E-state index contributed by atoms with van der Waals surface area (Å²) in [7, 11) is 0. The molecule has 0 radical (unpaired) electrons. The first kappa shape index (κ1) is 16.9. The van der Waals surface area contributed by atoms with E-state index in [1.807, 2.05) is 44.2 Å². The zero-order valence-corrected chi connectivity index (χ0v) is 15.5. The van der Waals surface area contributed by atoms with Crippen molar-refractivity contribution in [2.45, 2.75) is 26.7 Å². The van der Waals surface area contributed by atoms with Gasteiger partial charge in [-0.1, -0.05) is 15.9 Å². The van der Waals surface area contributed by atoms with Crippen LogP contribution in [0.1, 0.15) is 24.1 Å². The van der Waals surface area contributed by atoms with E-state index in [1.54, 1.807) is 0 Å². The molecule has 1 unspecified atom stereocenters. The van der Waals surface area contributed by atoms with Crippen molar-refractivity contribution in [3.05, 3.63) is 46.1 Å². The lowest BCUT2D eigenvalue weighted by molar-refractivity contribution is -0.120. The molecule has 24 heavy (non-hydrogen) atoms. The third-order valence-electron chi connectivity index (χ3n) is 4.33. The predicted octanol–water partition coefficient (Wildman–Crippen LogP) is 3.71. The van der Waals surface area contributed by atoms with E-state index in [4.69, 9.17) is 0 Å². The fourth-order valence-corrected chi connectivity index (χ4v) is 3.17. The minimum absolute atomic E-state index is 0.0363. The lowest BCUT2D eigenvalue weighted by Crippen LogP contribution is -2.41. The van der Waals surface area contributed by atoms with E-state index < -0.39 is 0 Å². The van der Waals surface area contributed by atoms with Crippen molar-refractivity contribution in [1.29, 1.82) is 0 Å². The van der Waals surface area contributed by atoms with Crippen molar-refractivity contribution in [2.75, 3.05) is 23.3 Å². The summed E-state index contributed by atoms with van der Waals surface area (Å²) in [5.74, 6) is 0.880. The lowest BCUT2D eigenvalue weighted by atomic mass is 9.97. The Morgan fingerprint density at radius 1 is 1.25 bits per heavy atom. The van der Waals surface area contributed by atoms with E-state index in [1.165, 1.54) is 0 Å². The van der Waals surface area contributed by atoms with Crippen LogP contribution >= 0.6 is 15.9 Å². The highest BCUT2D eigenvalue weighted by atomic mass is 79.9. The van der Waals surface area contributed by atoms with Crippen molar-refractivity contribution in [2.24, 2.45) is 5.92 Å². The van der Waals surface area contributed by atoms with Crippen molar-refractivity contribution < 1.29 is 4.79 Å². The van der Waals surface area contributed by atoms with E-state index in [0.29, 0.717) is 6.54 Å². The molecule has 1 aliphatic heterocycles. The molecule has 0 bridgehead atoms. The van der Waals surface area contributed by atoms with Crippen LogP contribution in [-0.4, -0.2) is 29.2 Å². The van der Waals surface area contributed by atoms with Gasteiger partial charge in [-0.2, -0.15) is 5.10 Å². The number of hydrogen-bond acceptors (Lipinski definition) is 4. The predicted molar refractivity (Wildman–Crippen MR) is 99.2 cm³/mol. The number of halogens is 1. The van der Waals surface area contributed by atoms with E-state index in [9.17, 15) is 4.79 Å². The van der Waals surface area contributed by atoms with Crippen LogP contribution in [0, 0.1) is 19.8 Å². The van der Waals surface area contributed by atoms with Gasteiger partial charge in [-0.15, -0.1) is 5.10 Å². The Kier molecular flexibility index (Phi) is 5.14. The maximum Gasteiger partial charge on any atom is 0.229 e. The molecular weight excluding hydrogens is 368 g/mol. The van der Waals surface area contributed by atoms with Crippen LogP contribution in [-0.2, 0) is 4.79 Å². The fraction of sp³-hybridized carbons (Fsp3) is 0.389. The monoisotopic (exact) mass is 388 g/mol. The Morgan fingerprint density at radius 3 is 2.79 bits per heavy atom. The molecule has 1 aliphatic rings. The van der Waals surface area contributed by atoms with Crippen molar-refractivity contribution in [3.8, 4) is 0 Å². The normalized spacial score (nSPS) is 17.6. The smallest absolute Gasteiger partial charge is 0.229 e. The second kappa shape index (κ2) is 7.30. The Labute approximate surface area is 150 Å². The first-order chi connectivity index (χ1) is 11.5. The molecule has 1 atom stereocenters. The number of aryl methyl sites for hydroxylation is 2. The summed E-state index contributed by atoms with van der Waals surface area (Å²) in [6.07, 6.45) is 1.88. The first-order valence-corrected chi connectivity index (χ1v) is 8.94. The first-order valence-electron chi connectivity index (χ1n) is 8.15. The Bertz CT molecular complexity index is 732. The van der Waals surface area contributed by atoms with Gasteiger partial charge in [0.1, 0.15) is 0 Å². The molecule has 2 aromatic rings. The van der Waals surface area contributed by atoms with Crippen molar-refractivity contribution in [1.82, 2.24) is 10.2 Å². The van der Waals surface area contributed by atoms with E-state index >= 15 is 0 Å². The number of carbonyl (C=O) groups excluding carboxylic acids is 1. The quantitative estimate of drug-likeness (QED) is 0.870. The molecule has 2 heterocycles. The molecule has 126 valence electrons. The number of amides is 1. The SMILES string of the molecule is Cc1ccc(N2CCCC(C(=O)Nc3ccc(Br)c(C)c3)C2)nn1. The third kappa shape index (κ3) is 3.93. The van der Waals surface area contributed by atoms with Gasteiger partial charge in [0.2, 0.25) is 5.91 Å². The van der Waals surface area contributed by atoms with Gasteiger partial charge in [-0.3, -0.25) is 4.79 Å². The van der Waals surface area contributed by atoms with E-state index in [-0.39, 0.29) is 11.8 Å². The zero-order valence-electron chi connectivity index (χ0n) is 13.9. The maximum absolute atomic E-state index is 12.6. The van der Waals surface area contributed by atoms with Crippen molar-refractivity contribution >= 4 is 33.3 Å². The Morgan fingerprint density at radius 2 is 2.08 bits per heavy atom. The average Bonchev–Trinajstić information content (AvgIpc) is 2.59. The number of anilines is 2. The highest BCUT2D eigenvalue weighted by Gasteiger charge is 2.26. The molecular formula is C18H21BrN4O. The highest BCUT2D eigenvalue weighted by Crippen LogP contribution is 2.24. The number of nitrogens with zero attached hydrogens (tertiary/aromatic N) is 3. The molecule has 1 saturated heterocycles. The number of carbonyl (C=O) groups is 1. The number of aromatic nitrogens is 2. The molecule has 6 heteroatoms. The number of hydrogen-bond donors (Lipinski definition) is 1. The minimum atomic E-state index is -0.0363. The number of benzene rings is 1. The fourth-order valence-electron chi connectivity index (χ4n) is 2.93. The Hall–Kier alpha value is -1.95. The number of rotatable bonds is 3. The summed E-state index contributed by atoms with van der Waals surface area (Å²) in [6.45, 7) is 5.53. The van der Waals surface area contributed by atoms with Gasteiger partial charge >= 0.3 is 0 Å². The molecule has 1 aromatic carbocycles. The van der Waals surface area contributed by atoms with Crippen LogP contribution in [0.2, 0.25) is 0 Å². The highest BCUT2D eigenvalue weighted by molar-refractivity contribution is 9.10. The van der Waals surface area contributed by atoms with Gasteiger partial charge in [0.15, 0.2) is 5.82 Å². The Balaban J connectivity index is 1.66. The van der Waals surface area contributed by atoms with E-state index in [2.05, 4.69) is 36.3 Å². The van der Waals surface area contributed by atoms with E-state index in [0.717, 1.165) is 46.6 Å². The lowest BCUT2D eigenvalue weighted by Gasteiger charge is -2.32. The molecule has 3 rings (SSSR count). The topological polar surface area (TPSA) is 58.1 Å². The summed E-state index contributed by atoms with van der Waals surface area (Å²) in [6, 6.07) is 9.78. The largest absolute Gasteiger partial charge is 0.354 e. The number of nitrogens with one attached hydrogen (secondary N) is 1. The van der Waals surface area contributed by atoms with Gasteiger partial charge in [0.25, 0.3) is 0 Å². The van der Waals surface area contributed by atoms with Crippen LogP contribution in [0.5, 0.6) is 0 Å². The zero-order chi connectivity index (χ0) is 17.1. The average molecular weight is 389 g/mol. The molecule has 0 saturated carbocycles. The summed E-state index contributed by atoms with van der Waals surface area (Å²) in [5.41, 5.74) is 2.84. The third-order valence-corrected chi connectivity index (χ3v) is 5.22. The standard InChI is InChI=1S/C18H21BrN4O/c1-12-10-15(6-7-16(12)19)20-18(24)14-4-3-9-23(11-14)17-8-5-13(2)21-22-17/h5-8,10,14H,3-4,9,11H2,1-2H3,(H,20,24). The summed E-state index contributed by atoms with van der Waals surface area (Å²) in [4.78, 5) is 14.8. The van der Waals surface area contributed by atoms with Gasteiger partial charge < -0.3 is 10.2 Å². The van der Waals surface area contributed by atoms with Gasteiger partial charge in [0.05, 0.1) is 11.6 Å². The second-order valence-corrected chi connectivity index (χ2v) is 7.13. The molecule has 1 fully saturated rings. The molecule has 0 aliphatic carbocycles. The molecule has 1 aromatic heterocycles. The van der Waals surface area contributed by atoms with Gasteiger partial charge in [0, 0.05) is 23.2 Å². The van der Waals surface area contributed by atoms with Crippen LogP contribution in [0.15, 0.2) is 34.8 Å². The van der Waals surface area contributed by atoms with Gasteiger partial charge in [-0.05, 0) is 62.6 Å². The van der Waals surface area contributed by atoms with Crippen LogP contribution < -0.4 is 10.2 Å². The number of piperidine rings is 1. The van der Waals surface area contributed by atoms with Crippen molar-refractivity contribution in [3.63, 3.8) is 0 Å². The minimum Gasteiger partial charge on any atom is -0.354 e. The summed E-state index contributed by atoms with van der Waals surface area (Å²) in [5, 5.41) is 11.4.